The first-order chi connectivity index (χ1) is 6.83. The van der Waals surface area contributed by atoms with Gasteiger partial charge in [-0.05, 0) is 31.6 Å². The Morgan fingerprint density at radius 1 is 1.57 bits per heavy atom. The highest BCUT2D eigenvalue weighted by molar-refractivity contribution is 5.42. The molecule has 2 heteroatoms. The molecule has 1 rings (SSSR count). The van der Waals surface area contributed by atoms with Crippen LogP contribution in [0.1, 0.15) is 32.4 Å². The quantitative estimate of drug-likeness (QED) is 0.751. The molecular weight excluding hydrogens is 174 g/mol. The van der Waals surface area contributed by atoms with Crippen molar-refractivity contribution in [1.82, 2.24) is 5.32 Å². The van der Waals surface area contributed by atoms with Crippen molar-refractivity contribution < 1.29 is 4.42 Å². The van der Waals surface area contributed by atoms with E-state index in [1.807, 2.05) is 18.2 Å². The Kier molecular flexibility index (Phi) is 5.08. The summed E-state index contributed by atoms with van der Waals surface area (Å²) >= 11 is 0. The largest absolute Gasteiger partial charge is 0.465 e. The van der Waals surface area contributed by atoms with Crippen LogP contribution in [0.3, 0.4) is 0 Å². The van der Waals surface area contributed by atoms with Gasteiger partial charge in [0.1, 0.15) is 5.76 Å². The van der Waals surface area contributed by atoms with Crippen LogP contribution in [0.5, 0.6) is 0 Å². The minimum atomic E-state index is 0.598. The minimum absolute atomic E-state index is 0.598. The maximum Gasteiger partial charge on any atom is 0.126 e. The van der Waals surface area contributed by atoms with Crippen LogP contribution in [0.15, 0.2) is 28.9 Å². The topological polar surface area (TPSA) is 25.2 Å². The van der Waals surface area contributed by atoms with Crippen LogP contribution in [-0.4, -0.2) is 12.6 Å². The zero-order chi connectivity index (χ0) is 10.2. The van der Waals surface area contributed by atoms with E-state index in [2.05, 4.69) is 25.2 Å². The highest BCUT2D eigenvalue weighted by Crippen LogP contribution is 2.01. The van der Waals surface area contributed by atoms with Gasteiger partial charge in [-0.15, -0.1) is 0 Å². The molecule has 0 radical (unpaired) electrons. The van der Waals surface area contributed by atoms with Gasteiger partial charge in [-0.1, -0.05) is 19.4 Å². The van der Waals surface area contributed by atoms with Gasteiger partial charge < -0.3 is 9.73 Å². The van der Waals surface area contributed by atoms with E-state index >= 15 is 0 Å². The summed E-state index contributed by atoms with van der Waals surface area (Å²) in [6, 6.07) is 4.44. The molecule has 1 atom stereocenters. The van der Waals surface area contributed by atoms with E-state index < -0.39 is 0 Å². The average Bonchev–Trinajstić information content (AvgIpc) is 2.65. The van der Waals surface area contributed by atoms with Gasteiger partial charge in [0.2, 0.25) is 0 Å². The molecule has 0 unspecified atom stereocenters. The third kappa shape index (κ3) is 4.28. The standard InChI is InChI=1S/C12H19NO/c1-3-6-11(2)13-9-4-7-12-8-5-10-14-12/h4-5,7-8,10-11,13H,3,6,9H2,1-2H3/b7-4+/t11-/m0/s1. The molecular formula is C12H19NO. The van der Waals surface area contributed by atoms with E-state index in [1.54, 1.807) is 6.26 Å². The lowest BCUT2D eigenvalue weighted by molar-refractivity contribution is 0.535. The minimum Gasteiger partial charge on any atom is -0.465 e. The molecule has 0 aliphatic carbocycles. The number of rotatable bonds is 6. The van der Waals surface area contributed by atoms with E-state index in [-0.39, 0.29) is 0 Å². The van der Waals surface area contributed by atoms with E-state index in [0.29, 0.717) is 6.04 Å². The van der Waals surface area contributed by atoms with Gasteiger partial charge in [0.05, 0.1) is 6.26 Å². The summed E-state index contributed by atoms with van der Waals surface area (Å²) in [6.07, 6.45) is 8.23. The molecule has 0 aliphatic rings. The summed E-state index contributed by atoms with van der Waals surface area (Å²) in [6.45, 7) is 5.32. The Morgan fingerprint density at radius 3 is 3.07 bits per heavy atom. The lowest BCUT2D eigenvalue weighted by Crippen LogP contribution is -2.25. The Balaban J connectivity index is 2.15. The second-order valence-electron chi connectivity index (χ2n) is 3.52. The van der Waals surface area contributed by atoms with Crippen LogP contribution in [0.25, 0.3) is 6.08 Å². The molecule has 0 fully saturated rings. The first kappa shape index (κ1) is 11.1. The van der Waals surface area contributed by atoms with Crippen molar-refractivity contribution in [3.05, 3.63) is 30.2 Å². The van der Waals surface area contributed by atoms with E-state index in [0.717, 1.165) is 12.3 Å². The van der Waals surface area contributed by atoms with Crippen LogP contribution < -0.4 is 5.32 Å². The van der Waals surface area contributed by atoms with Crippen molar-refractivity contribution in [2.24, 2.45) is 0 Å². The maximum atomic E-state index is 5.17. The Bertz CT molecular complexity index is 251. The van der Waals surface area contributed by atoms with Crippen molar-refractivity contribution in [2.75, 3.05) is 6.54 Å². The number of furan rings is 1. The molecule has 14 heavy (non-hydrogen) atoms. The van der Waals surface area contributed by atoms with E-state index in [1.165, 1.54) is 12.8 Å². The van der Waals surface area contributed by atoms with Crippen LogP contribution in [0.2, 0.25) is 0 Å². The zero-order valence-electron chi connectivity index (χ0n) is 8.99. The summed E-state index contributed by atoms with van der Waals surface area (Å²) in [7, 11) is 0. The molecule has 0 saturated carbocycles. The van der Waals surface area contributed by atoms with Crippen molar-refractivity contribution in [2.45, 2.75) is 32.7 Å². The fourth-order valence-corrected chi connectivity index (χ4v) is 1.37. The molecule has 1 N–H and O–H groups in total. The van der Waals surface area contributed by atoms with Crippen molar-refractivity contribution in [1.29, 1.82) is 0 Å². The fourth-order valence-electron chi connectivity index (χ4n) is 1.37. The van der Waals surface area contributed by atoms with Crippen molar-refractivity contribution in [3.63, 3.8) is 0 Å². The second kappa shape index (κ2) is 6.44. The van der Waals surface area contributed by atoms with Gasteiger partial charge in [-0.2, -0.15) is 0 Å². The van der Waals surface area contributed by atoms with Gasteiger partial charge in [-0.25, -0.2) is 0 Å². The van der Waals surface area contributed by atoms with Gasteiger partial charge in [0, 0.05) is 12.6 Å². The molecule has 78 valence electrons. The Morgan fingerprint density at radius 2 is 2.43 bits per heavy atom. The molecule has 1 aromatic rings. The first-order valence-corrected chi connectivity index (χ1v) is 5.26. The van der Waals surface area contributed by atoms with Crippen LogP contribution >= 0.6 is 0 Å². The zero-order valence-corrected chi connectivity index (χ0v) is 8.99. The number of hydrogen-bond acceptors (Lipinski definition) is 2. The monoisotopic (exact) mass is 193 g/mol. The highest BCUT2D eigenvalue weighted by Gasteiger charge is 1.95. The predicted molar refractivity (Wildman–Crippen MR) is 60.1 cm³/mol. The summed E-state index contributed by atoms with van der Waals surface area (Å²) in [5.41, 5.74) is 0. The van der Waals surface area contributed by atoms with E-state index in [9.17, 15) is 0 Å². The number of nitrogens with one attached hydrogen (secondary N) is 1. The van der Waals surface area contributed by atoms with Crippen molar-refractivity contribution in [3.8, 4) is 0 Å². The van der Waals surface area contributed by atoms with Gasteiger partial charge >= 0.3 is 0 Å². The van der Waals surface area contributed by atoms with Gasteiger partial charge in [0.25, 0.3) is 0 Å². The summed E-state index contributed by atoms with van der Waals surface area (Å²) in [5, 5.41) is 3.42. The van der Waals surface area contributed by atoms with Crippen LogP contribution in [0.4, 0.5) is 0 Å². The molecule has 0 saturated heterocycles. The first-order valence-electron chi connectivity index (χ1n) is 5.26. The SMILES string of the molecule is CCC[C@H](C)NC/C=C/c1ccco1. The molecule has 0 spiro atoms. The molecule has 1 aromatic heterocycles. The lowest BCUT2D eigenvalue weighted by Gasteiger charge is -2.09. The third-order valence-corrected chi connectivity index (χ3v) is 2.13. The predicted octanol–water partition coefficient (Wildman–Crippen LogP) is 3.07. The molecule has 0 amide bonds. The van der Waals surface area contributed by atoms with Crippen LogP contribution in [-0.2, 0) is 0 Å². The van der Waals surface area contributed by atoms with Crippen molar-refractivity contribution >= 4 is 6.08 Å². The normalized spacial score (nSPS) is 13.6. The smallest absolute Gasteiger partial charge is 0.126 e. The van der Waals surface area contributed by atoms with Crippen LogP contribution in [0, 0.1) is 0 Å². The molecule has 0 bridgehead atoms. The maximum absolute atomic E-state index is 5.17. The van der Waals surface area contributed by atoms with Gasteiger partial charge in [-0.3, -0.25) is 0 Å². The Hall–Kier alpha value is -1.02. The summed E-state index contributed by atoms with van der Waals surface area (Å²) in [4.78, 5) is 0. The summed E-state index contributed by atoms with van der Waals surface area (Å²) < 4.78 is 5.17. The molecule has 2 nitrogen and oxygen atoms in total. The van der Waals surface area contributed by atoms with Gasteiger partial charge in [0.15, 0.2) is 0 Å². The van der Waals surface area contributed by atoms with E-state index in [4.69, 9.17) is 4.42 Å². The lowest BCUT2D eigenvalue weighted by atomic mass is 10.2. The second-order valence-corrected chi connectivity index (χ2v) is 3.52. The Labute approximate surface area is 86.0 Å². The molecule has 0 aromatic carbocycles. The highest BCUT2D eigenvalue weighted by atomic mass is 16.3. The number of hydrogen-bond donors (Lipinski definition) is 1. The summed E-state index contributed by atoms with van der Waals surface area (Å²) in [5.74, 6) is 0.912. The fraction of sp³-hybridized carbons (Fsp3) is 0.500. The third-order valence-electron chi connectivity index (χ3n) is 2.13. The molecule has 1 heterocycles. The average molecular weight is 193 g/mol. The molecule has 0 aliphatic heterocycles.